The van der Waals surface area contributed by atoms with Crippen LogP contribution in [-0.2, 0) is 16.6 Å². The first-order valence-corrected chi connectivity index (χ1v) is 16.3. The van der Waals surface area contributed by atoms with Crippen molar-refractivity contribution in [3.63, 3.8) is 0 Å². The number of hydrogen-bond donors (Lipinski definition) is 1. The zero-order valence-electron chi connectivity index (χ0n) is 27.0. The van der Waals surface area contributed by atoms with Gasteiger partial charge in [0.25, 0.3) is 5.17 Å². The van der Waals surface area contributed by atoms with Gasteiger partial charge in [-0.05, 0) is 119 Å². The number of rotatable bonds is 4. The summed E-state index contributed by atoms with van der Waals surface area (Å²) in [5.74, 6) is 1.59. The molecule has 44 heavy (non-hydrogen) atoms. The Morgan fingerprint density at radius 1 is 0.955 bits per heavy atom. The van der Waals surface area contributed by atoms with Gasteiger partial charge in [0.1, 0.15) is 5.75 Å². The molecular formula is C39H46N2O2S. The van der Waals surface area contributed by atoms with Crippen LogP contribution in [0.3, 0.4) is 0 Å². The van der Waals surface area contributed by atoms with E-state index in [1.54, 1.807) is 0 Å². The largest absolute Gasteiger partial charge is 0.432 e. The fraction of sp³-hybridized carbons (Fsp3) is 0.385. The lowest BCUT2D eigenvalue weighted by Gasteiger charge is -2.54. The van der Waals surface area contributed by atoms with Gasteiger partial charge >= 0.3 is 0 Å². The minimum absolute atomic E-state index is 0.102. The summed E-state index contributed by atoms with van der Waals surface area (Å²) in [5, 5.41) is 2.76. The van der Waals surface area contributed by atoms with E-state index in [4.69, 9.17) is 22.7 Å². The molecule has 4 aromatic rings. The molecule has 4 aromatic carbocycles. The van der Waals surface area contributed by atoms with Gasteiger partial charge in [0.15, 0.2) is 0 Å². The molecule has 0 heterocycles. The van der Waals surface area contributed by atoms with Gasteiger partial charge in [-0.3, -0.25) is 4.79 Å². The normalized spacial score (nSPS) is 22.3. The SMILES string of the molecule is CC(C)c1ccc2c(c1)CCC1C(C)(C(N)=O)CCCC21C.Cc1cccc(N(C)C(=S)Oc2ccc3ccccc3c2)c1. The predicted octanol–water partition coefficient (Wildman–Crippen LogP) is 9.25. The summed E-state index contributed by atoms with van der Waals surface area (Å²) in [6, 6.07) is 29.4. The van der Waals surface area contributed by atoms with Gasteiger partial charge in [0, 0.05) is 18.2 Å². The Balaban J connectivity index is 0.000000175. The van der Waals surface area contributed by atoms with Crippen molar-refractivity contribution < 1.29 is 9.53 Å². The molecule has 0 saturated heterocycles. The second-order valence-electron chi connectivity index (χ2n) is 13.5. The Morgan fingerprint density at radius 3 is 2.41 bits per heavy atom. The van der Waals surface area contributed by atoms with Crippen LogP contribution in [0.4, 0.5) is 5.69 Å². The average molecular weight is 607 g/mol. The van der Waals surface area contributed by atoms with Crippen LogP contribution in [0.15, 0.2) is 84.9 Å². The van der Waals surface area contributed by atoms with Crippen molar-refractivity contribution in [1.29, 1.82) is 0 Å². The summed E-state index contributed by atoms with van der Waals surface area (Å²) < 4.78 is 5.84. The van der Waals surface area contributed by atoms with E-state index in [1.807, 2.05) is 54.4 Å². The number of amides is 1. The molecule has 0 radical (unpaired) electrons. The van der Waals surface area contributed by atoms with Crippen molar-refractivity contribution >= 4 is 39.8 Å². The van der Waals surface area contributed by atoms with Crippen LogP contribution in [0.1, 0.15) is 81.5 Å². The first-order chi connectivity index (χ1) is 20.9. The number of nitrogens with zero attached hydrogens (tertiary/aromatic N) is 1. The topological polar surface area (TPSA) is 55.6 Å². The molecular weight excluding hydrogens is 561 g/mol. The fourth-order valence-electron chi connectivity index (χ4n) is 7.51. The molecule has 6 rings (SSSR count). The van der Waals surface area contributed by atoms with Gasteiger partial charge in [-0.25, -0.2) is 0 Å². The lowest BCUT2D eigenvalue weighted by Crippen LogP contribution is -2.54. The van der Waals surface area contributed by atoms with Gasteiger partial charge in [-0.2, -0.15) is 0 Å². The van der Waals surface area contributed by atoms with Gasteiger partial charge in [-0.15, -0.1) is 0 Å². The summed E-state index contributed by atoms with van der Waals surface area (Å²) in [4.78, 5) is 14.0. The molecule has 1 amide bonds. The third-order valence-electron chi connectivity index (χ3n) is 10.2. The molecule has 3 atom stereocenters. The minimum atomic E-state index is -0.346. The van der Waals surface area contributed by atoms with E-state index < -0.39 is 0 Å². The molecule has 2 N–H and O–H groups in total. The van der Waals surface area contributed by atoms with Crippen molar-refractivity contribution in [3.8, 4) is 5.75 Å². The highest BCUT2D eigenvalue weighted by Crippen LogP contribution is 2.57. The number of anilines is 1. The number of ether oxygens (including phenoxy) is 1. The Labute approximate surface area is 268 Å². The van der Waals surface area contributed by atoms with Gasteiger partial charge < -0.3 is 15.4 Å². The van der Waals surface area contributed by atoms with E-state index >= 15 is 0 Å². The van der Waals surface area contributed by atoms with Gasteiger partial charge in [0.05, 0.1) is 0 Å². The van der Waals surface area contributed by atoms with E-state index in [1.165, 1.54) is 34.1 Å². The lowest BCUT2D eigenvalue weighted by molar-refractivity contribution is -0.135. The minimum Gasteiger partial charge on any atom is -0.432 e. The zero-order valence-corrected chi connectivity index (χ0v) is 27.8. The molecule has 4 nitrogen and oxygen atoms in total. The lowest BCUT2D eigenvalue weighted by atomic mass is 9.49. The van der Waals surface area contributed by atoms with Gasteiger partial charge in [0.2, 0.25) is 5.91 Å². The highest BCUT2D eigenvalue weighted by Gasteiger charge is 2.54. The van der Waals surface area contributed by atoms with Crippen LogP contribution in [-0.4, -0.2) is 18.1 Å². The average Bonchev–Trinajstić information content (AvgIpc) is 3.00. The van der Waals surface area contributed by atoms with E-state index in [-0.39, 0.29) is 16.7 Å². The number of hydrogen-bond acceptors (Lipinski definition) is 3. The Hall–Kier alpha value is -3.70. The smallest absolute Gasteiger partial charge is 0.269 e. The molecule has 230 valence electrons. The van der Waals surface area contributed by atoms with Crippen molar-refractivity contribution in [2.24, 2.45) is 17.1 Å². The second kappa shape index (κ2) is 12.7. The highest BCUT2D eigenvalue weighted by molar-refractivity contribution is 7.80. The summed E-state index contributed by atoms with van der Waals surface area (Å²) in [6.07, 6.45) is 5.39. The number of nitrogens with two attached hydrogens (primary N) is 1. The number of primary amides is 1. The molecule has 2 aliphatic rings. The Morgan fingerprint density at radius 2 is 1.70 bits per heavy atom. The summed E-state index contributed by atoms with van der Waals surface area (Å²) in [6.45, 7) is 11.0. The maximum absolute atomic E-state index is 12.2. The van der Waals surface area contributed by atoms with Crippen molar-refractivity contribution in [3.05, 3.63) is 107 Å². The van der Waals surface area contributed by atoms with Crippen LogP contribution < -0.4 is 15.4 Å². The molecule has 0 bridgehead atoms. The molecule has 0 aromatic heterocycles. The molecule has 0 spiro atoms. The quantitative estimate of drug-likeness (QED) is 0.235. The van der Waals surface area contributed by atoms with Crippen LogP contribution in [0, 0.1) is 18.3 Å². The van der Waals surface area contributed by atoms with Crippen molar-refractivity contribution in [1.82, 2.24) is 0 Å². The summed E-state index contributed by atoms with van der Waals surface area (Å²) in [7, 11) is 1.91. The third-order valence-corrected chi connectivity index (χ3v) is 10.6. The molecule has 5 heteroatoms. The van der Waals surface area contributed by atoms with E-state index in [0.29, 0.717) is 17.0 Å². The zero-order chi connectivity index (χ0) is 31.6. The summed E-state index contributed by atoms with van der Waals surface area (Å²) >= 11 is 5.41. The number of fused-ring (bicyclic) bond motifs is 4. The number of benzene rings is 4. The van der Waals surface area contributed by atoms with E-state index in [0.717, 1.165) is 42.5 Å². The predicted molar refractivity (Wildman–Crippen MR) is 188 cm³/mol. The number of thiocarbonyl (C=S) groups is 1. The third kappa shape index (κ3) is 6.25. The van der Waals surface area contributed by atoms with E-state index in [9.17, 15) is 4.79 Å². The van der Waals surface area contributed by atoms with Crippen molar-refractivity contribution in [2.45, 2.75) is 78.1 Å². The molecule has 3 unspecified atom stereocenters. The maximum Gasteiger partial charge on any atom is 0.269 e. The summed E-state index contributed by atoms with van der Waals surface area (Å²) in [5.41, 5.74) is 12.2. The first-order valence-electron chi connectivity index (χ1n) is 15.9. The molecule has 1 saturated carbocycles. The molecule has 2 aliphatic carbocycles. The van der Waals surface area contributed by atoms with Crippen molar-refractivity contribution in [2.75, 3.05) is 11.9 Å². The number of carbonyl (C=O) groups excluding carboxylic acids is 1. The molecule has 0 aliphatic heterocycles. The highest BCUT2D eigenvalue weighted by atomic mass is 32.1. The Kier molecular flexibility index (Phi) is 9.17. The van der Waals surface area contributed by atoms with Crippen LogP contribution >= 0.6 is 12.2 Å². The molecule has 1 fully saturated rings. The second-order valence-corrected chi connectivity index (χ2v) is 13.8. The van der Waals surface area contributed by atoms with Crippen LogP contribution in [0.2, 0.25) is 0 Å². The van der Waals surface area contributed by atoms with E-state index in [2.05, 4.69) is 77.1 Å². The van der Waals surface area contributed by atoms with Crippen LogP contribution in [0.5, 0.6) is 5.75 Å². The number of carbonyl (C=O) groups is 1. The van der Waals surface area contributed by atoms with Crippen LogP contribution in [0.25, 0.3) is 10.8 Å². The number of aryl methyl sites for hydroxylation is 2. The Bertz CT molecular complexity index is 1680. The fourth-order valence-corrected chi connectivity index (χ4v) is 7.71. The maximum atomic E-state index is 12.2. The monoisotopic (exact) mass is 606 g/mol. The first kappa shape index (κ1) is 31.7. The van der Waals surface area contributed by atoms with Gasteiger partial charge in [-0.1, -0.05) is 94.8 Å². The standard InChI is InChI=1S/C20H29NO.C19H17NOS/c1-13(2)14-6-8-16-15(12-14)7-9-17-19(16,3)10-5-11-20(17,4)18(21)22;1-14-6-5-9-17(12-14)20(2)19(22)21-18-11-10-15-7-3-4-8-16(15)13-18/h6,8,12-13,17H,5,7,9-11H2,1-4H3,(H2,21,22);3-13H,1-2H3.